The van der Waals surface area contributed by atoms with E-state index < -0.39 is 23.6 Å². The van der Waals surface area contributed by atoms with Gasteiger partial charge in [0.1, 0.15) is 12.1 Å². The van der Waals surface area contributed by atoms with Gasteiger partial charge >= 0.3 is 0 Å². The first-order chi connectivity index (χ1) is 18.1. The molecule has 4 N–H and O–H groups in total. The van der Waals surface area contributed by atoms with E-state index in [0.29, 0.717) is 32.7 Å². The molecule has 3 amide bonds. The summed E-state index contributed by atoms with van der Waals surface area (Å²) in [7, 11) is 1.60. The molecule has 9 heteroatoms. The molecule has 2 aromatic carbocycles. The number of benzene rings is 2. The molecule has 0 spiro atoms. The summed E-state index contributed by atoms with van der Waals surface area (Å²) in [5, 5.41) is 21.2. The highest BCUT2D eigenvalue weighted by molar-refractivity contribution is 5.93. The van der Waals surface area contributed by atoms with Gasteiger partial charge in [0.2, 0.25) is 17.7 Å². The molecule has 9 nitrogen and oxygen atoms in total. The number of methoxy groups -OCH3 is 1. The zero-order chi connectivity index (χ0) is 27.7. The van der Waals surface area contributed by atoms with E-state index in [4.69, 9.17) is 4.74 Å². The molecule has 1 saturated heterocycles. The minimum Gasteiger partial charge on any atom is -0.390 e. The molecule has 1 aliphatic rings. The van der Waals surface area contributed by atoms with E-state index in [9.17, 15) is 19.5 Å². The molecule has 38 heavy (non-hydrogen) atoms. The van der Waals surface area contributed by atoms with Gasteiger partial charge in [0.05, 0.1) is 12.7 Å². The van der Waals surface area contributed by atoms with E-state index in [1.54, 1.807) is 12.0 Å². The van der Waals surface area contributed by atoms with E-state index in [0.717, 1.165) is 22.8 Å². The largest absolute Gasteiger partial charge is 0.390 e. The molecule has 0 aliphatic carbocycles. The third kappa shape index (κ3) is 8.24. The maximum Gasteiger partial charge on any atom is 0.243 e. The Morgan fingerprint density at radius 1 is 1.11 bits per heavy atom. The Bertz CT molecular complexity index is 1100. The van der Waals surface area contributed by atoms with Crippen molar-refractivity contribution < 1.29 is 24.2 Å². The Hall–Kier alpha value is -3.01. The predicted molar refractivity (Wildman–Crippen MR) is 148 cm³/mol. The van der Waals surface area contributed by atoms with Gasteiger partial charge < -0.3 is 30.7 Å². The molecule has 2 aromatic rings. The lowest BCUT2D eigenvalue weighted by molar-refractivity contribution is -0.145. The summed E-state index contributed by atoms with van der Waals surface area (Å²) < 4.78 is 4.98. The average molecular weight is 527 g/mol. The molecule has 0 bridgehead atoms. The van der Waals surface area contributed by atoms with Crippen LogP contribution >= 0.6 is 0 Å². The first-order valence-electron chi connectivity index (χ1n) is 13.3. The van der Waals surface area contributed by atoms with Gasteiger partial charge in [0, 0.05) is 45.1 Å². The van der Waals surface area contributed by atoms with Gasteiger partial charge in [0.15, 0.2) is 0 Å². The number of rotatable bonds is 12. The standard InChI is InChI=1S/C29H42N4O5/c1-29(2,3)28(37)33-14-7-10-25(33)27(36)32-24(26(35)31-19-23(34)18-30-13-15-38-4)17-20-11-12-21-8-5-6-9-22(21)16-20/h5-6,8-9,11-12,16,23-25,30,34H,7,10,13-15,17-19H2,1-4H3,(H,31,35)(H,32,36)/t23?,24-,25?/m1/s1. The van der Waals surface area contributed by atoms with Gasteiger partial charge in [0.25, 0.3) is 0 Å². The molecule has 208 valence electrons. The van der Waals surface area contributed by atoms with Crippen LogP contribution in [0.2, 0.25) is 0 Å². The second-order valence-electron chi connectivity index (χ2n) is 10.9. The van der Waals surface area contributed by atoms with Gasteiger partial charge in [-0.3, -0.25) is 14.4 Å². The van der Waals surface area contributed by atoms with Gasteiger partial charge in [-0.05, 0) is 29.2 Å². The summed E-state index contributed by atoms with van der Waals surface area (Å²) in [6, 6.07) is 12.5. The van der Waals surface area contributed by atoms with Crippen LogP contribution in [-0.4, -0.2) is 85.8 Å². The lowest BCUT2D eigenvalue weighted by atomic mass is 9.94. The molecule has 2 unspecified atom stereocenters. The fourth-order valence-corrected chi connectivity index (χ4v) is 4.65. The van der Waals surface area contributed by atoms with Gasteiger partial charge in [-0.1, -0.05) is 63.2 Å². The second-order valence-corrected chi connectivity index (χ2v) is 10.9. The average Bonchev–Trinajstić information content (AvgIpc) is 3.38. The van der Waals surface area contributed by atoms with Crippen LogP contribution < -0.4 is 16.0 Å². The Kier molecular flexibility index (Phi) is 10.6. The van der Waals surface area contributed by atoms with Gasteiger partial charge in [-0.2, -0.15) is 0 Å². The van der Waals surface area contributed by atoms with Gasteiger partial charge in [-0.15, -0.1) is 0 Å². The Labute approximate surface area is 225 Å². The van der Waals surface area contributed by atoms with Crippen molar-refractivity contribution in [2.24, 2.45) is 5.41 Å². The van der Waals surface area contributed by atoms with E-state index in [1.165, 1.54) is 0 Å². The first kappa shape index (κ1) is 29.5. The number of amides is 3. The molecule has 3 rings (SSSR count). The molecular weight excluding hydrogens is 484 g/mol. The molecule has 0 aromatic heterocycles. The zero-order valence-corrected chi connectivity index (χ0v) is 23.0. The van der Waals surface area contributed by atoms with Crippen LogP contribution in [0, 0.1) is 5.41 Å². The lowest BCUT2D eigenvalue weighted by Crippen LogP contribution is -2.55. The quantitative estimate of drug-likeness (QED) is 0.312. The minimum atomic E-state index is -0.857. The second kappa shape index (κ2) is 13.7. The van der Waals surface area contributed by atoms with Crippen LogP contribution in [-0.2, 0) is 25.5 Å². The molecular formula is C29H42N4O5. The number of carbonyl (C=O) groups is 3. The van der Waals surface area contributed by atoms with Crippen LogP contribution in [0.25, 0.3) is 10.8 Å². The van der Waals surface area contributed by atoms with Crippen molar-refractivity contribution in [2.75, 3.05) is 39.9 Å². The SMILES string of the molecule is COCCNCC(O)CNC(=O)[C@@H](Cc1ccc2ccccc2c1)NC(=O)C1CCCN1C(=O)C(C)(C)C. The van der Waals surface area contributed by atoms with Crippen LogP contribution in [0.3, 0.4) is 0 Å². The molecule has 0 saturated carbocycles. The topological polar surface area (TPSA) is 120 Å². The maximum atomic E-state index is 13.4. The summed E-state index contributed by atoms with van der Waals surface area (Å²) in [6.07, 6.45) is 0.792. The van der Waals surface area contributed by atoms with Crippen molar-refractivity contribution in [1.29, 1.82) is 0 Å². The Balaban J connectivity index is 1.72. The number of ether oxygens (including phenoxy) is 1. The first-order valence-corrected chi connectivity index (χ1v) is 13.3. The van der Waals surface area contributed by atoms with Crippen molar-refractivity contribution in [3.05, 3.63) is 48.0 Å². The van der Waals surface area contributed by atoms with Crippen molar-refractivity contribution in [1.82, 2.24) is 20.9 Å². The van der Waals surface area contributed by atoms with Crippen molar-refractivity contribution in [3.8, 4) is 0 Å². The van der Waals surface area contributed by atoms with Crippen LogP contribution in [0.1, 0.15) is 39.2 Å². The summed E-state index contributed by atoms with van der Waals surface area (Å²) >= 11 is 0. The van der Waals surface area contributed by atoms with Crippen LogP contribution in [0.5, 0.6) is 0 Å². The number of carbonyl (C=O) groups excluding carboxylic acids is 3. The van der Waals surface area contributed by atoms with E-state index in [1.807, 2.05) is 63.2 Å². The summed E-state index contributed by atoms with van der Waals surface area (Å²) in [4.78, 5) is 41.2. The van der Waals surface area contributed by atoms with Crippen LogP contribution in [0.15, 0.2) is 42.5 Å². The molecule has 1 fully saturated rings. The highest BCUT2D eigenvalue weighted by Crippen LogP contribution is 2.26. The Morgan fingerprint density at radius 3 is 2.55 bits per heavy atom. The number of hydrogen-bond donors (Lipinski definition) is 4. The highest BCUT2D eigenvalue weighted by atomic mass is 16.5. The smallest absolute Gasteiger partial charge is 0.243 e. The van der Waals surface area contributed by atoms with Crippen molar-refractivity contribution >= 4 is 28.5 Å². The molecule has 0 radical (unpaired) electrons. The molecule has 3 atom stereocenters. The van der Waals surface area contributed by atoms with E-state index in [2.05, 4.69) is 16.0 Å². The minimum absolute atomic E-state index is 0.0426. The highest BCUT2D eigenvalue weighted by Gasteiger charge is 2.39. The number of likely N-dealkylation sites (tertiary alicyclic amines) is 1. The third-order valence-electron chi connectivity index (χ3n) is 6.72. The number of fused-ring (bicyclic) bond motifs is 1. The summed E-state index contributed by atoms with van der Waals surface area (Å²) in [5.74, 6) is -0.785. The summed E-state index contributed by atoms with van der Waals surface area (Å²) in [5.41, 5.74) is 0.304. The molecule has 1 aliphatic heterocycles. The monoisotopic (exact) mass is 526 g/mol. The maximum absolute atomic E-state index is 13.4. The number of aliphatic hydroxyl groups excluding tert-OH is 1. The Morgan fingerprint density at radius 2 is 1.84 bits per heavy atom. The number of nitrogens with one attached hydrogen (secondary N) is 3. The van der Waals surface area contributed by atoms with Crippen molar-refractivity contribution in [3.63, 3.8) is 0 Å². The fraction of sp³-hybridized carbons (Fsp3) is 0.552. The van der Waals surface area contributed by atoms with E-state index >= 15 is 0 Å². The predicted octanol–water partition coefficient (Wildman–Crippen LogP) is 1.62. The number of hydrogen-bond acceptors (Lipinski definition) is 6. The van der Waals surface area contributed by atoms with Gasteiger partial charge in [-0.25, -0.2) is 0 Å². The fourth-order valence-electron chi connectivity index (χ4n) is 4.65. The number of nitrogens with zero attached hydrogens (tertiary/aromatic N) is 1. The third-order valence-corrected chi connectivity index (χ3v) is 6.72. The number of aliphatic hydroxyl groups is 1. The molecule has 1 heterocycles. The van der Waals surface area contributed by atoms with Crippen molar-refractivity contribution in [2.45, 2.75) is 58.2 Å². The lowest BCUT2D eigenvalue weighted by Gasteiger charge is -2.31. The zero-order valence-electron chi connectivity index (χ0n) is 23.0. The normalized spacial score (nSPS) is 17.3. The summed E-state index contributed by atoms with van der Waals surface area (Å²) in [6.45, 7) is 7.51. The van der Waals surface area contributed by atoms with E-state index in [-0.39, 0.29) is 30.7 Å². The van der Waals surface area contributed by atoms with Crippen LogP contribution in [0.4, 0.5) is 0 Å².